The van der Waals surface area contributed by atoms with Gasteiger partial charge in [0.05, 0.1) is 6.20 Å². The monoisotopic (exact) mass is 202 g/mol. The summed E-state index contributed by atoms with van der Waals surface area (Å²) in [6, 6.07) is 2.13. The van der Waals surface area contributed by atoms with Crippen LogP contribution in [0.4, 0.5) is 0 Å². The Kier molecular flexibility index (Phi) is 2.78. The predicted octanol–water partition coefficient (Wildman–Crippen LogP) is 1.20. The van der Waals surface area contributed by atoms with Crippen LogP contribution < -0.4 is 5.32 Å². The van der Waals surface area contributed by atoms with E-state index >= 15 is 0 Å². The van der Waals surface area contributed by atoms with Gasteiger partial charge in [-0.15, -0.1) is 0 Å². The second kappa shape index (κ2) is 4.23. The van der Waals surface area contributed by atoms with E-state index in [1.54, 1.807) is 4.68 Å². The Balaban J connectivity index is 2.32. The van der Waals surface area contributed by atoms with E-state index in [0.29, 0.717) is 0 Å². The van der Waals surface area contributed by atoms with Crippen molar-refractivity contribution in [1.29, 1.82) is 0 Å². The van der Waals surface area contributed by atoms with Gasteiger partial charge in [-0.1, -0.05) is 0 Å². The Bertz CT molecular complexity index is 447. The number of pyridine rings is 1. The molecule has 0 radical (unpaired) electrons. The standard InChI is InChI=1S/C11H14N4/c1-12-4-9-3-10(6-13-5-9)11-7-14-15(2)8-11/h3,5-8,12H,4H2,1-2H3. The summed E-state index contributed by atoms with van der Waals surface area (Å²) in [5.74, 6) is 0. The molecule has 0 saturated heterocycles. The van der Waals surface area contributed by atoms with Gasteiger partial charge >= 0.3 is 0 Å². The average molecular weight is 202 g/mol. The molecule has 0 aliphatic heterocycles. The minimum absolute atomic E-state index is 0.834. The fourth-order valence-electron chi connectivity index (χ4n) is 1.52. The summed E-state index contributed by atoms with van der Waals surface area (Å²) in [5.41, 5.74) is 3.39. The van der Waals surface area contributed by atoms with Gasteiger partial charge in [0.1, 0.15) is 0 Å². The van der Waals surface area contributed by atoms with E-state index in [1.807, 2.05) is 38.9 Å². The predicted molar refractivity (Wildman–Crippen MR) is 59.2 cm³/mol. The van der Waals surface area contributed by atoms with Gasteiger partial charge < -0.3 is 5.32 Å². The zero-order valence-corrected chi connectivity index (χ0v) is 8.94. The number of aromatic nitrogens is 3. The van der Waals surface area contributed by atoms with Crippen LogP contribution in [-0.2, 0) is 13.6 Å². The summed E-state index contributed by atoms with van der Waals surface area (Å²) in [7, 11) is 3.84. The Hall–Kier alpha value is -1.68. The third kappa shape index (κ3) is 2.22. The fraction of sp³-hybridized carbons (Fsp3) is 0.273. The Labute approximate surface area is 89.0 Å². The molecule has 0 amide bonds. The van der Waals surface area contributed by atoms with Crippen LogP contribution in [-0.4, -0.2) is 21.8 Å². The van der Waals surface area contributed by atoms with Crippen molar-refractivity contribution < 1.29 is 0 Å². The molecule has 0 spiro atoms. The van der Waals surface area contributed by atoms with Crippen molar-refractivity contribution in [2.24, 2.45) is 7.05 Å². The summed E-state index contributed by atoms with van der Waals surface area (Å²) < 4.78 is 1.79. The van der Waals surface area contributed by atoms with Gasteiger partial charge in [0.15, 0.2) is 0 Å². The minimum atomic E-state index is 0.834. The molecule has 2 heterocycles. The number of rotatable bonds is 3. The third-order valence-electron chi connectivity index (χ3n) is 2.21. The van der Waals surface area contributed by atoms with Gasteiger partial charge in [-0.2, -0.15) is 5.10 Å². The van der Waals surface area contributed by atoms with Crippen LogP contribution in [0.5, 0.6) is 0 Å². The van der Waals surface area contributed by atoms with Crippen LogP contribution in [0.2, 0.25) is 0 Å². The fourth-order valence-corrected chi connectivity index (χ4v) is 1.52. The summed E-state index contributed by atoms with van der Waals surface area (Å²) in [5, 5.41) is 7.25. The van der Waals surface area contributed by atoms with Crippen LogP contribution in [0.25, 0.3) is 11.1 Å². The second-order valence-electron chi connectivity index (χ2n) is 3.51. The molecule has 2 rings (SSSR count). The van der Waals surface area contributed by atoms with Crippen LogP contribution in [0.15, 0.2) is 30.9 Å². The Morgan fingerprint density at radius 1 is 1.27 bits per heavy atom. The van der Waals surface area contributed by atoms with Crippen LogP contribution in [0.3, 0.4) is 0 Å². The normalized spacial score (nSPS) is 10.5. The lowest BCUT2D eigenvalue weighted by Crippen LogP contribution is -2.05. The molecule has 0 atom stereocenters. The molecule has 0 unspecified atom stereocenters. The first-order valence-electron chi connectivity index (χ1n) is 4.87. The number of nitrogens with one attached hydrogen (secondary N) is 1. The largest absolute Gasteiger partial charge is 0.316 e. The highest BCUT2D eigenvalue weighted by Gasteiger charge is 2.01. The lowest BCUT2D eigenvalue weighted by molar-refractivity contribution is 0.768. The maximum absolute atomic E-state index is 4.21. The second-order valence-corrected chi connectivity index (χ2v) is 3.51. The lowest BCUT2D eigenvalue weighted by atomic mass is 10.1. The maximum atomic E-state index is 4.21. The molecular formula is C11H14N4. The molecule has 0 bridgehead atoms. The maximum Gasteiger partial charge on any atom is 0.0568 e. The van der Waals surface area contributed by atoms with Crippen molar-refractivity contribution in [2.75, 3.05) is 7.05 Å². The quantitative estimate of drug-likeness (QED) is 0.813. The Morgan fingerprint density at radius 3 is 2.80 bits per heavy atom. The summed E-state index contributed by atoms with van der Waals surface area (Å²) in [6.07, 6.45) is 7.56. The molecular weight excluding hydrogens is 188 g/mol. The number of hydrogen-bond acceptors (Lipinski definition) is 3. The Morgan fingerprint density at radius 2 is 2.13 bits per heavy atom. The number of aryl methyl sites for hydroxylation is 1. The molecule has 4 heteroatoms. The highest BCUT2D eigenvalue weighted by atomic mass is 15.2. The molecule has 0 fully saturated rings. The summed E-state index contributed by atoms with van der Waals surface area (Å²) >= 11 is 0. The van der Waals surface area contributed by atoms with Crippen LogP contribution >= 0.6 is 0 Å². The van der Waals surface area contributed by atoms with Gasteiger partial charge in [0, 0.05) is 43.3 Å². The van der Waals surface area contributed by atoms with E-state index in [0.717, 1.165) is 17.7 Å². The molecule has 78 valence electrons. The van der Waals surface area contributed by atoms with E-state index < -0.39 is 0 Å². The highest BCUT2D eigenvalue weighted by molar-refractivity contribution is 5.61. The SMILES string of the molecule is CNCc1cncc(-c2cnn(C)c2)c1. The highest BCUT2D eigenvalue weighted by Crippen LogP contribution is 2.17. The minimum Gasteiger partial charge on any atom is -0.316 e. The molecule has 4 nitrogen and oxygen atoms in total. The zero-order chi connectivity index (χ0) is 10.7. The smallest absolute Gasteiger partial charge is 0.0568 e. The first-order valence-corrected chi connectivity index (χ1v) is 4.87. The lowest BCUT2D eigenvalue weighted by Gasteiger charge is -2.01. The molecule has 0 aromatic carbocycles. The van der Waals surface area contributed by atoms with Crippen molar-refractivity contribution in [2.45, 2.75) is 6.54 Å². The van der Waals surface area contributed by atoms with Crippen molar-refractivity contribution >= 4 is 0 Å². The first kappa shape index (κ1) is 9.86. The van der Waals surface area contributed by atoms with Crippen molar-refractivity contribution in [3.8, 4) is 11.1 Å². The van der Waals surface area contributed by atoms with E-state index in [2.05, 4.69) is 21.5 Å². The van der Waals surface area contributed by atoms with E-state index in [4.69, 9.17) is 0 Å². The third-order valence-corrected chi connectivity index (χ3v) is 2.21. The van der Waals surface area contributed by atoms with Crippen LogP contribution in [0.1, 0.15) is 5.56 Å². The summed E-state index contributed by atoms with van der Waals surface area (Å²) in [6.45, 7) is 0.834. The molecule has 2 aromatic heterocycles. The van der Waals surface area contributed by atoms with Crippen molar-refractivity contribution in [3.63, 3.8) is 0 Å². The van der Waals surface area contributed by atoms with Crippen LogP contribution in [0, 0.1) is 0 Å². The number of nitrogens with zero attached hydrogens (tertiary/aromatic N) is 3. The molecule has 1 N–H and O–H groups in total. The van der Waals surface area contributed by atoms with Gasteiger partial charge in [-0.3, -0.25) is 9.67 Å². The molecule has 0 aliphatic rings. The average Bonchev–Trinajstić information content (AvgIpc) is 2.66. The first-order chi connectivity index (χ1) is 7.29. The van der Waals surface area contributed by atoms with E-state index in [9.17, 15) is 0 Å². The van der Waals surface area contributed by atoms with E-state index in [-0.39, 0.29) is 0 Å². The molecule has 2 aromatic rings. The topological polar surface area (TPSA) is 42.7 Å². The zero-order valence-electron chi connectivity index (χ0n) is 8.94. The van der Waals surface area contributed by atoms with Gasteiger partial charge in [0.25, 0.3) is 0 Å². The molecule has 0 aliphatic carbocycles. The molecule has 15 heavy (non-hydrogen) atoms. The van der Waals surface area contributed by atoms with E-state index in [1.165, 1.54) is 5.56 Å². The van der Waals surface area contributed by atoms with Crippen molar-refractivity contribution in [1.82, 2.24) is 20.1 Å². The van der Waals surface area contributed by atoms with Gasteiger partial charge in [-0.25, -0.2) is 0 Å². The summed E-state index contributed by atoms with van der Waals surface area (Å²) in [4.78, 5) is 4.21. The van der Waals surface area contributed by atoms with Gasteiger partial charge in [-0.05, 0) is 18.7 Å². The van der Waals surface area contributed by atoms with Crippen molar-refractivity contribution in [3.05, 3.63) is 36.4 Å². The molecule has 0 saturated carbocycles. The number of hydrogen-bond donors (Lipinski definition) is 1. The van der Waals surface area contributed by atoms with Gasteiger partial charge in [0.2, 0.25) is 0 Å².